The molecule has 2 amide bonds. The average Bonchev–Trinajstić information content (AvgIpc) is 3.27. The van der Waals surface area contributed by atoms with Crippen molar-refractivity contribution in [3.63, 3.8) is 0 Å². The number of benzene rings is 1. The summed E-state index contributed by atoms with van der Waals surface area (Å²) in [5.41, 5.74) is 1.06. The lowest BCUT2D eigenvalue weighted by Gasteiger charge is -2.07. The van der Waals surface area contributed by atoms with Crippen molar-refractivity contribution in [2.75, 3.05) is 10.6 Å². The second-order valence-electron chi connectivity index (χ2n) is 5.64. The molecule has 8 heteroatoms. The van der Waals surface area contributed by atoms with Gasteiger partial charge in [-0.15, -0.1) is 21.5 Å². The molecule has 0 bridgehead atoms. The third kappa shape index (κ3) is 5.21. The number of thiophene rings is 1. The Hall–Kier alpha value is -2.58. The maximum atomic E-state index is 12.3. The number of nitrogens with zero attached hydrogens (tertiary/aromatic N) is 2. The van der Waals surface area contributed by atoms with Crippen LogP contribution in [0, 0.1) is 6.92 Å². The summed E-state index contributed by atoms with van der Waals surface area (Å²) < 4.78 is 0. The number of aryl methyl sites for hydroxylation is 2. The first kappa shape index (κ1) is 18.2. The molecule has 0 aliphatic carbocycles. The Morgan fingerprint density at radius 2 is 2.00 bits per heavy atom. The molecule has 2 aromatic heterocycles. The zero-order valence-corrected chi connectivity index (χ0v) is 15.8. The van der Waals surface area contributed by atoms with Gasteiger partial charge in [0.1, 0.15) is 5.01 Å². The summed E-state index contributed by atoms with van der Waals surface area (Å²) >= 11 is 3.01. The van der Waals surface area contributed by atoms with Gasteiger partial charge in [0.05, 0.1) is 0 Å². The lowest BCUT2D eigenvalue weighted by atomic mass is 10.1. The highest BCUT2D eigenvalue weighted by Gasteiger charge is 2.10. The molecule has 0 aliphatic rings. The zero-order chi connectivity index (χ0) is 18.4. The van der Waals surface area contributed by atoms with E-state index in [1.54, 1.807) is 35.6 Å². The quantitative estimate of drug-likeness (QED) is 0.640. The SMILES string of the molecule is Cc1nnc(NC(=O)c2cccc(NC(=O)CCCc3cccs3)c2)s1. The highest BCUT2D eigenvalue weighted by atomic mass is 32.1. The van der Waals surface area contributed by atoms with E-state index in [9.17, 15) is 9.59 Å². The lowest BCUT2D eigenvalue weighted by molar-refractivity contribution is -0.116. The van der Waals surface area contributed by atoms with Crippen LogP contribution in [-0.2, 0) is 11.2 Å². The van der Waals surface area contributed by atoms with E-state index in [2.05, 4.69) is 26.9 Å². The Kier molecular flexibility index (Phi) is 6.08. The molecule has 0 unspecified atom stereocenters. The van der Waals surface area contributed by atoms with Crippen molar-refractivity contribution in [1.29, 1.82) is 0 Å². The molecule has 1 aromatic carbocycles. The van der Waals surface area contributed by atoms with Crippen LogP contribution in [0.3, 0.4) is 0 Å². The first-order chi connectivity index (χ1) is 12.6. The van der Waals surface area contributed by atoms with Crippen molar-refractivity contribution < 1.29 is 9.59 Å². The molecule has 0 saturated heterocycles. The molecule has 0 aliphatic heterocycles. The van der Waals surface area contributed by atoms with E-state index < -0.39 is 0 Å². The summed E-state index contributed by atoms with van der Waals surface area (Å²) in [6.07, 6.45) is 2.14. The van der Waals surface area contributed by atoms with E-state index in [1.807, 2.05) is 18.4 Å². The van der Waals surface area contributed by atoms with Crippen LogP contribution in [-0.4, -0.2) is 22.0 Å². The Balaban J connectivity index is 1.52. The van der Waals surface area contributed by atoms with Gasteiger partial charge in [-0.2, -0.15) is 0 Å². The molecule has 2 heterocycles. The maximum absolute atomic E-state index is 12.3. The summed E-state index contributed by atoms with van der Waals surface area (Å²) in [6, 6.07) is 10.9. The van der Waals surface area contributed by atoms with Crippen LogP contribution in [0.1, 0.15) is 33.1 Å². The summed E-state index contributed by atoms with van der Waals surface area (Å²) in [5.74, 6) is -0.339. The van der Waals surface area contributed by atoms with Gasteiger partial charge in [0, 0.05) is 22.5 Å². The molecular weight excluding hydrogens is 368 g/mol. The number of anilines is 2. The average molecular weight is 387 g/mol. The molecule has 26 heavy (non-hydrogen) atoms. The number of carbonyl (C=O) groups excluding carboxylic acids is 2. The number of hydrogen-bond acceptors (Lipinski definition) is 6. The van der Waals surface area contributed by atoms with E-state index in [1.165, 1.54) is 16.2 Å². The molecule has 3 rings (SSSR count). The largest absolute Gasteiger partial charge is 0.326 e. The molecule has 0 radical (unpaired) electrons. The highest BCUT2D eigenvalue weighted by Crippen LogP contribution is 2.17. The summed E-state index contributed by atoms with van der Waals surface area (Å²) in [4.78, 5) is 25.7. The third-order valence-corrected chi connectivity index (χ3v) is 5.25. The van der Waals surface area contributed by atoms with Crippen LogP contribution in [0.25, 0.3) is 0 Å². The van der Waals surface area contributed by atoms with E-state index >= 15 is 0 Å². The molecule has 0 saturated carbocycles. The predicted molar refractivity (Wildman–Crippen MR) is 105 cm³/mol. The van der Waals surface area contributed by atoms with Gasteiger partial charge in [0.15, 0.2) is 0 Å². The van der Waals surface area contributed by atoms with Gasteiger partial charge >= 0.3 is 0 Å². The smallest absolute Gasteiger partial charge is 0.257 e. The topological polar surface area (TPSA) is 84.0 Å². The Bertz CT molecular complexity index is 890. The summed E-state index contributed by atoms with van der Waals surface area (Å²) in [7, 11) is 0. The Morgan fingerprint density at radius 1 is 1.12 bits per heavy atom. The van der Waals surface area contributed by atoms with Gasteiger partial charge in [-0.25, -0.2) is 0 Å². The van der Waals surface area contributed by atoms with Crippen molar-refractivity contribution in [2.45, 2.75) is 26.2 Å². The van der Waals surface area contributed by atoms with Gasteiger partial charge in [0.2, 0.25) is 11.0 Å². The molecule has 0 atom stereocenters. The van der Waals surface area contributed by atoms with Crippen molar-refractivity contribution in [2.24, 2.45) is 0 Å². The van der Waals surface area contributed by atoms with Crippen molar-refractivity contribution in [3.05, 3.63) is 57.2 Å². The highest BCUT2D eigenvalue weighted by molar-refractivity contribution is 7.15. The standard InChI is InChI=1S/C18H18N4O2S2/c1-12-21-22-18(26-12)20-17(24)13-5-2-6-14(11-13)19-16(23)9-3-7-15-8-4-10-25-15/h2,4-6,8,10-11H,3,7,9H2,1H3,(H,19,23)(H,20,22,24). The fourth-order valence-electron chi connectivity index (χ4n) is 2.36. The normalized spacial score (nSPS) is 10.5. The number of hydrogen-bond donors (Lipinski definition) is 2. The molecule has 2 N–H and O–H groups in total. The second kappa shape index (κ2) is 8.68. The van der Waals surface area contributed by atoms with Gasteiger partial charge in [-0.05, 0) is 49.4 Å². The van der Waals surface area contributed by atoms with E-state index in [0.29, 0.717) is 22.8 Å². The van der Waals surface area contributed by atoms with Crippen LogP contribution in [0.5, 0.6) is 0 Å². The predicted octanol–water partition coefficient (Wildman–Crippen LogP) is 4.12. The van der Waals surface area contributed by atoms with Crippen LogP contribution >= 0.6 is 22.7 Å². The van der Waals surface area contributed by atoms with E-state index in [4.69, 9.17) is 0 Å². The van der Waals surface area contributed by atoms with Gasteiger partial charge < -0.3 is 5.32 Å². The minimum Gasteiger partial charge on any atom is -0.326 e. The lowest BCUT2D eigenvalue weighted by Crippen LogP contribution is -2.14. The van der Waals surface area contributed by atoms with Crippen molar-refractivity contribution >= 4 is 45.3 Å². The number of amides is 2. The molecule has 3 aromatic rings. The molecule has 134 valence electrons. The van der Waals surface area contributed by atoms with Crippen LogP contribution in [0.4, 0.5) is 10.8 Å². The van der Waals surface area contributed by atoms with Gasteiger partial charge in [-0.3, -0.25) is 14.9 Å². The first-order valence-corrected chi connectivity index (χ1v) is 9.83. The number of carbonyl (C=O) groups is 2. The molecular formula is C18H18N4O2S2. The monoisotopic (exact) mass is 386 g/mol. The van der Waals surface area contributed by atoms with Gasteiger partial charge in [-0.1, -0.05) is 23.5 Å². The van der Waals surface area contributed by atoms with E-state index in [0.717, 1.165) is 17.8 Å². The number of aromatic nitrogens is 2. The van der Waals surface area contributed by atoms with Crippen LogP contribution in [0.2, 0.25) is 0 Å². The van der Waals surface area contributed by atoms with Crippen LogP contribution < -0.4 is 10.6 Å². The number of rotatable bonds is 7. The Morgan fingerprint density at radius 3 is 2.73 bits per heavy atom. The summed E-state index contributed by atoms with van der Waals surface area (Å²) in [6.45, 7) is 1.82. The minimum atomic E-state index is -0.282. The Labute approximate surface area is 159 Å². The van der Waals surface area contributed by atoms with E-state index in [-0.39, 0.29) is 11.8 Å². The third-order valence-electron chi connectivity index (χ3n) is 3.56. The first-order valence-electron chi connectivity index (χ1n) is 8.14. The van der Waals surface area contributed by atoms with Crippen molar-refractivity contribution in [1.82, 2.24) is 10.2 Å². The fraction of sp³-hybridized carbons (Fsp3) is 0.222. The summed E-state index contributed by atoms with van der Waals surface area (Å²) in [5, 5.41) is 16.6. The molecule has 0 fully saturated rings. The van der Waals surface area contributed by atoms with Gasteiger partial charge in [0.25, 0.3) is 5.91 Å². The molecule has 0 spiro atoms. The maximum Gasteiger partial charge on any atom is 0.257 e. The van der Waals surface area contributed by atoms with Crippen LogP contribution in [0.15, 0.2) is 41.8 Å². The second-order valence-corrected chi connectivity index (χ2v) is 7.86. The fourth-order valence-corrected chi connectivity index (χ4v) is 3.69. The zero-order valence-electron chi connectivity index (χ0n) is 14.2. The molecule has 6 nitrogen and oxygen atoms in total. The van der Waals surface area contributed by atoms with Crippen molar-refractivity contribution in [3.8, 4) is 0 Å². The minimum absolute atomic E-state index is 0.0566. The number of nitrogens with one attached hydrogen (secondary N) is 2.